The topological polar surface area (TPSA) is 43.8 Å². The van der Waals surface area contributed by atoms with Crippen LogP contribution in [0.1, 0.15) is 25.5 Å². The van der Waals surface area contributed by atoms with E-state index >= 15 is 0 Å². The number of carbonyl (C=O) groups is 1. The molecule has 0 radical (unpaired) electrons. The van der Waals surface area contributed by atoms with Gasteiger partial charge in [0.25, 0.3) is 0 Å². The summed E-state index contributed by atoms with van der Waals surface area (Å²) in [6, 6.07) is 2.96. The molecule has 4 nitrogen and oxygen atoms in total. The highest BCUT2D eigenvalue weighted by Crippen LogP contribution is 2.25. The second kappa shape index (κ2) is 6.49. The molecule has 2 atom stereocenters. The van der Waals surface area contributed by atoms with Gasteiger partial charge in [0.2, 0.25) is 0 Å². The number of hydrogen-bond acceptors (Lipinski definition) is 3. The summed E-state index contributed by atoms with van der Waals surface area (Å²) in [7, 11) is 0. The Morgan fingerprint density at radius 3 is 2.24 bits per heavy atom. The van der Waals surface area contributed by atoms with Crippen LogP contribution in [0.2, 0.25) is 0 Å². The van der Waals surface area contributed by atoms with Crippen molar-refractivity contribution in [2.24, 2.45) is 0 Å². The van der Waals surface area contributed by atoms with E-state index < -0.39 is 23.6 Å². The Labute approximate surface area is 123 Å². The van der Waals surface area contributed by atoms with Gasteiger partial charge in [0.1, 0.15) is 17.7 Å². The molecule has 1 heterocycles. The normalized spacial score (nSPS) is 20.2. The first-order valence-corrected chi connectivity index (χ1v) is 7.06. The van der Waals surface area contributed by atoms with E-state index in [-0.39, 0.29) is 6.04 Å². The van der Waals surface area contributed by atoms with Gasteiger partial charge < -0.3 is 5.11 Å². The van der Waals surface area contributed by atoms with Crippen LogP contribution in [0.15, 0.2) is 18.2 Å². The molecule has 1 aromatic carbocycles. The van der Waals surface area contributed by atoms with Gasteiger partial charge in [-0.05, 0) is 19.9 Å². The highest BCUT2D eigenvalue weighted by Gasteiger charge is 2.28. The molecule has 0 unspecified atom stereocenters. The number of halogens is 2. The first-order chi connectivity index (χ1) is 9.90. The van der Waals surface area contributed by atoms with Crippen LogP contribution in [0.4, 0.5) is 8.78 Å². The molecule has 0 amide bonds. The smallest absolute Gasteiger partial charge is 0.320 e. The van der Waals surface area contributed by atoms with Crippen molar-refractivity contribution in [3.63, 3.8) is 0 Å². The van der Waals surface area contributed by atoms with Crippen LogP contribution in [-0.2, 0) is 4.79 Å². The van der Waals surface area contributed by atoms with Gasteiger partial charge in [-0.25, -0.2) is 8.78 Å². The van der Waals surface area contributed by atoms with E-state index in [1.54, 1.807) is 6.92 Å². The van der Waals surface area contributed by atoms with Crippen molar-refractivity contribution in [3.8, 4) is 0 Å². The molecule has 1 N–H and O–H groups in total. The monoisotopic (exact) mass is 298 g/mol. The minimum absolute atomic E-state index is 0.159. The second-order valence-electron chi connectivity index (χ2n) is 5.43. The third kappa shape index (κ3) is 3.57. The zero-order chi connectivity index (χ0) is 15.6. The molecule has 0 aliphatic carbocycles. The average Bonchev–Trinajstić information content (AvgIpc) is 2.46. The Hall–Kier alpha value is -1.53. The largest absolute Gasteiger partial charge is 0.480 e. The number of carboxylic acids is 1. The Kier molecular flexibility index (Phi) is 4.90. The SMILES string of the molecule is C[C@H](C(=O)O)N1CCN([C@@H](C)c2ccc(F)cc2F)CC1. The number of piperazine rings is 1. The predicted molar refractivity (Wildman–Crippen MR) is 75.0 cm³/mol. The van der Waals surface area contributed by atoms with Crippen molar-refractivity contribution in [1.82, 2.24) is 9.80 Å². The summed E-state index contributed by atoms with van der Waals surface area (Å²) in [4.78, 5) is 15.0. The third-order valence-corrected chi connectivity index (χ3v) is 4.21. The molecule has 1 fully saturated rings. The maximum Gasteiger partial charge on any atom is 0.320 e. The van der Waals surface area contributed by atoms with Gasteiger partial charge in [-0.15, -0.1) is 0 Å². The number of rotatable bonds is 4. The summed E-state index contributed by atoms with van der Waals surface area (Å²) in [5.41, 5.74) is 0.469. The van der Waals surface area contributed by atoms with Gasteiger partial charge in [0.05, 0.1) is 0 Å². The summed E-state index contributed by atoms with van der Waals surface area (Å²) in [5, 5.41) is 9.01. The van der Waals surface area contributed by atoms with Gasteiger partial charge in [-0.3, -0.25) is 14.6 Å². The Morgan fingerprint density at radius 1 is 1.14 bits per heavy atom. The average molecular weight is 298 g/mol. The van der Waals surface area contributed by atoms with E-state index in [0.29, 0.717) is 31.7 Å². The summed E-state index contributed by atoms with van der Waals surface area (Å²) >= 11 is 0. The van der Waals surface area contributed by atoms with E-state index in [1.807, 2.05) is 11.8 Å². The van der Waals surface area contributed by atoms with E-state index in [0.717, 1.165) is 6.07 Å². The standard InChI is InChI=1S/C15H20F2N2O2/c1-10(13-4-3-12(16)9-14(13)17)18-5-7-19(8-6-18)11(2)15(20)21/h3-4,9-11H,5-8H2,1-2H3,(H,20,21)/t10-,11+/m0/s1. The van der Waals surface area contributed by atoms with E-state index in [9.17, 15) is 13.6 Å². The molecule has 0 spiro atoms. The van der Waals surface area contributed by atoms with E-state index in [4.69, 9.17) is 5.11 Å². The maximum absolute atomic E-state index is 13.8. The Balaban J connectivity index is 2.00. The molecule has 1 aliphatic heterocycles. The van der Waals surface area contributed by atoms with Crippen LogP contribution in [0, 0.1) is 11.6 Å². The van der Waals surface area contributed by atoms with Gasteiger partial charge in [0, 0.05) is 43.9 Å². The Morgan fingerprint density at radius 2 is 1.71 bits per heavy atom. The minimum atomic E-state index is -0.832. The van der Waals surface area contributed by atoms with E-state index in [2.05, 4.69) is 4.90 Å². The van der Waals surface area contributed by atoms with E-state index in [1.165, 1.54) is 12.1 Å². The molecule has 0 bridgehead atoms. The molecule has 1 saturated heterocycles. The van der Waals surface area contributed by atoms with Crippen molar-refractivity contribution >= 4 is 5.97 Å². The lowest BCUT2D eigenvalue weighted by Crippen LogP contribution is -2.52. The molecule has 2 rings (SSSR count). The summed E-state index contributed by atoms with van der Waals surface area (Å²) in [6.07, 6.45) is 0. The number of hydrogen-bond donors (Lipinski definition) is 1. The van der Waals surface area contributed by atoms with Crippen molar-refractivity contribution in [1.29, 1.82) is 0 Å². The van der Waals surface area contributed by atoms with Crippen LogP contribution in [0.25, 0.3) is 0 Å². The molecule has 21 heavy (non-hydrogen) atoms. The highest BCUT2D eigenvalue weighted by molar-refractivity contribution is 5.72. The highest BCUT2D eigenvalue weighted by atomic mass is 19.1. The molecule has 116 valence electrons. The molecule has 0 aromatic heterocycles. The first-order valence-electron chi connectivity index (χ1n) is 7.06. The number of benzene rings is 1. The van der Waals surface area contributed by atoms with Crippen LogP contribution in [0.5, 0.6) is 0 Å². The van der Waals surface area contributed by atoms with Crippen molar-refractivity contribution < 1.29 is 18.7 Å². The van der Waals surface area contributed by atoms with Gasteiger partial charge in [-0.2, -0.15) is 0 Å². The zero-order valence-corrected chi connectivity index (χ0v) is 12.2. The molecule has 1 aromatic rings. The van der Waals surface area contributed by atoms with Crippen LogP contribution in [-0.4, -0.2) is 53.1 Å². The number of aliphatic carboxylic acids is 1. The second-order valence-corrected chi connectivity index (χ2v) is 5.43. The van der Waals surface area contributed by atoms with Crippen LogP contribution >= 0.6 is 0 Å². The summed E-state index contributed by atoms with van der Waals surface area (Å²) in [5.74, 6) is -1.95. The lowest BCUT2D eigenvalue weighted by Gasteiger charge is -2.39. The molecular weight excluding hydrogens is 278 g/mol. The van der Waals surface area contributed by atoms with Crippen LogP contribution in [0.3, 0.4) is 0 Å². The zero-order valence-electron chi connectivity index (χ0n) is 12.2. The molecule has 0 saturated carbocycles. The fourth-order valence-electron chi connectivity index (χ4n) is 2.71. The van der Waals surface area contributed by atoms with Crippen molar-refractivity contribution in [3.05, 3.63) is 35.4 Å². The van der Waals surface area contributed by atoms with Crippen LogP contribution < -0.4 is 0 Å². The Bertz CT molecular complexity index is 516. The number of carboxylic acid groups (broad SMARTS) is 1. The van der Waals surface area contributed by atoms with Gasteiger partial charge in [0.15, 0.2) is 0 Å². The fraction of sp³-hybridized carbons (Fsp3) is 0.533. The lowest BCUT2D eigenvalue weighted by molar-refractivity contribution is -0.143. The first kappa shape index (κ1) is 15.9. The van der Waals surface area contributed by atoms with Crippen molar-refractivity contribution in [2.75, 3.05) is 26.2 Å². The van der Waals surface area contributed by atoms with Gasteiger partial charge in [-0.1, -0.05) is 6.07 Å². The predicted octanol–water partition coefficient (Wildman–Crippen LogP) is 2.12. The fourth-order valence-corrected chi connectivity index (χ4v) is 2.71. The minimum Gasteiger partial charge on any atom is -0.480 e. The molecule has 1 aliphatic rings. The maximum atomic E-state index is 13.8. The molecular formula is C15H20F2N2O2. The lowest BCUT2D eigenvalue weighted by atomic mass is 10.0. The summed E-state index contributed by atoms with van der Waals surface area (Å²) in [6.45, 7) is 6.13. The summed E-state index contributed by atoms with van der Waals surface area (Å²) < 4.78 is 26.8. The molecule has 6 heteroatoms. The third-order valence-electron chi connectivity index (χ3n) is 4.21. The van der Waals surface area contributed by atoms with Gasteiger partial charge >= 0.3 is 5.97 Å². The number of nitrogens with zero attached hydrogens (tertiary/aromatic N) is 2. The van der Waals surface area contributed by atoms with Crippen molar-refractivity contribution in [2.45, 2.75) is 25.9 Å². The quantitative estimate of drug-likeness (QED) is 0.924.